The zero-order chi connectivity index (χ0) is 16.1. The standard InChI is InChI=1S/C15H20N6O2/c1-11-6-18-21(7-11)8-15(22)20-12-3-5-23-9-13(12)19-14-2-4-16-10-17-14/h2,4,6-7,10,12-13H,3,5,8-9H2,1H3,(H,20,22)(H,16,17,19)/t12-,13+/m0/s1. The molecule has 2 N–H and O–H groups in total. The summed E-state index contributed by atoms with van der Waals surface area (Å²) in [6.45, 7) is 3.32. The number of anilines is 1. The fourth-order valence-corrected chi connectivity index (χ4v) is 2.57. The zero-order valence-electron chi connectivity index (χ0n) is 13.0. The summed E-state index contributed by atoms with van der Waals surface area (Å²) in [5, 5.41) is 10.5. The number of rotatable bonds is 5. The molecule has 0 unspecified atom stereocenters. The van der Waals surface area contributed by atoms with E-state index in [1.54, 1.807) is 23.1 Å². The van der Waals surface area contributed by atoms with Gasteiger partial charge in [0.15, 0.2) is 0 Å². The molecule has 23 heavy (non-hydrogen) atoms. The van der Waals surface area contributed by atoms with Crippen molar-refractivity contribution in [2.24, 2.45) is 0 Å². The van der Waals surface area contributed by atoms with Crippen LogP contribution in [0.2, 0.25) is 0 Å². The van der Waals surface area contributed by atoms with Crippen molar-refractivity contribution >= 4 is 11.7 Å². The minimum Gasteiger partial charge on any atom is -0.379 e. The molecule has 2 aromatic heterocycles. The molecule has 0 bridgehead atoms. The van der Waals surface area contributed by atoms with Crippen LogP contribution < -0.4 is 10.6 Å². The Balaban J connectivity index is 1.58. The van der Waals surface area contributed by atoms with Crippen LogP contribution in [0.3, 0.4) is 0 Å². The van der Waals surface area contributed by atoms with Gasteiger partial charge in [-0.3, -0.25) is 9.48 Å². The molecule has 0 aromatic carbocycles. The molecule has 2 atom stereocenters. The second-order valence-corrected chi connectivity index (χ2v) is 5.60. The predicted octanol–water partition coefficient (Wildman–Crippen LogP) is 0.367. The molecule has 1 saturated heterocycles. The van der Waals surface area contributed by atoms with Crippen LogP contribution in [-0.2, 0) is 16.1 Å². The van der Waals surface area contributed by atoms with E-state index in [9.17, 15) is 4.79 Å². The molecule has 1 aliphatic rings. The van der Waals surface area contributed by atoms with Gasteiger partial charge in [0.2, 0.25) is 5.91 Å². The number of nitrogens with zero attached hydrogens (tertiary/aromatic N) is 4. The molecule has 8 heteroatoms. The van der Waals surface area contributed by atoms with Gasteiger partial charge in [0.1, 0.15) is 18.7 Å². The molecule has 2 aromatic rings. The number of carbonyl (C=O) groups is 1. The molecular formula is C15H20N6O2. The molecule has 3 heterocycles. The van der Waals surface area contributed by atoms with Crippen LogP contribution in [-0.4, -0.2) is 51.0 Å². The van der Waals surface area contributed by atoms with Gasteiger partial charge >= 0.3 is 0 Å². The van der Waals surface area contributed by atoms with Gasteiger partial charge in [0.25, 0.3) is 0 Å². The first-order chi connectivity index (χ1) is 11.2. The van der Waals surface area contributed by atoms with Gasteiger partial charge in [-0.1, -0.05) is 0 Å². The SMILES string of the molecule is Cc1cnn(CC(=O)N[C@H]2CCOC[C@H]2Nc2ccncn2)c1. The van der Waals surface area contributed by atoms with Crippen LogP contribution in [0.4, 0.5) is 5.82 Å². The van der Waals surface area contributed by atoms with E-state index in [-0.39, 0.29) is 24.5 Å². The lowest BCUT2D eigenvalue weighted by Gasteiger charge is -2.33. The largest absolute Gasteiger partial charge is 0.379 e. The number of ether oxygens (including phenoxy) is 1. The Morgan fingerprint density at radius 2 is 2.39 bits per heavy atom. The van der Waals surface area contributed by atoms with E-state index in [2.05, 4.69) is 25.7 Å². The third-order valence-electron chi connectivity index (χ3n) is 3.69. The Morgan fingerprint density at radius 1 is 1.48 bits per heavy atom. The first kappa shape index (κ1) is 15.4. The summed E-state index contributed by atoms with van der Waals surface area (Å²) < 4.78 is 7.15. The summed E-state index contributed by atoms with van der Waals surface area (Å²) in [6, 6.07) is 1.75. The Kier molecular flexibility index (Phi) is 4.82. The van der Waals surface area contributed by atoms with Crippen molar-refractivity contribution in [1.82, 2.24) is 25.1 Å². The van der Waals surface area contributed by atoms with Gasteiger partial charge in [-0.05, 0) is 25.0 Å². The summed E-state index contributed by atoms with van der Waals surface area (Å²) in [6.07, 6.45) is 7.50. The van der Waals surface area contributed by atoms with Gasteiger partial charge in [-0.25, -0.2) is 9.97 Å². The van der Waals surface area contributed by atoms with Crippen molar-refractivity contribution in [2.75, 3.05) is 18.5 Å². The van der Waals surface area contributed by atoms with Crippen molar-refractivity contribution < 1.29 is 9.53 Å². The maximum Gasteiger partial charge on any atom is 0.242 e. The number of nitrogens with one attached hydrogen (secondary N) is 2. The first-order valence-electron chi connectivity index (χ1n) is 7.59. The summed E-state index contributed by atoms with van der Waals surface area (Å²) in [4.78, 5) is 20.3. The number of aryl methyl sites for hydroxylation is 1. The molecule has 0 saturated carbocycles. The normalized spacial score (nSPS) is 20.9. The number of aromatic nitrogens is 4. The molecular weight excluding hydrogens is 296 g/mol. The van der Waals surface area contributed by atoms with Crippen molar-refractivity contribution in [3.8, 4) is 0 Å². The first-order valence-corrected chi connectivity index (χ1v) is 7.59. The van der Waals surface area contributed by atoms with Crippen molar-refractivity contribution in [3.63, 3.8) is 0 Å². The highest BCUT2D eigenvalue weighted by atomic mass is 16.5. The second-order valence-electron chi connectivity index (χ2n) is 5.60. The summed E-state index contributed by atoms with van der Waals surface area (Å²) in [5.41, 5.74) is 1.03. The van der Waals surface area contributed by atoms with Crippen molar-refractivity contribution in [2.45, 2.75) is 32.0 Å². The van der Waals surface area contributed by atoms with Gasteiger partial charge in [-0.2, -0.15) is 5.10 Å². The van der Waals surface area contributed by atoms with E-state index in [1.165, 1.54) is 6.33 Å². The number of carbonyl (C=O) groups excluding carboxylic acids is 1. The van der Waals surface area contributed by atoms with Crippen LogP contribution >= 0.6 is 0 Å². The van der Waals surface area contributed by atoms with Crippen LogP contribution in [0.15, 0.2) is 31.0 Å². The lowest BCUT2D eigenvalue weighted by atomic mass is 10.0. The smallest absolute Gasteiger partial charge is 0.242 e. The van der Waals surface area contributed by atoms with E-state index in [1.807, 2.05) is 13.1 Å². The highest BCUT2D eigenvalue weighted by molar-refractivity contribution is 5.76. The minimum absolute atomic E-state index is 0.0112. The molecule has 8 nitrogen and oxygen atoms in total. The zero-order valence-corrected chi connectivity index (χ0v) is 13.0. The molecule has 1 fully saturated rings. The molecule has 1 aliphatic heterocycles. The summed E-state index contributed by atoms with van der Waals surface area (Å²) >= 11 is 0. The quantitative estimate of drug-likeness (QED) is 0.827. The highest BCUT2D eigenvalue weighted by Crippen LogP contribution is 2.13. The van der Waals surface area contributed by atoms with Crippen LogP contribution in [0, 0.1) is 6.92 Å². The predicted molar refractivity (Wildman–Crippen MR) is 83.8 cm³/mol. The van der Waals surface area contributed by atoms with Crippen LogP contribution in [0.25, 0.3) is 0 Å². The minimum atomic E-state index is -0.0607. The Bertz CT molecular complexity index is 644. The van der Waals surface area contributed by atoms with Crippen LogP contribution in [0.5, 0.6) is 0 Å². The Labute approximate surface area is 134 Å². The van der Waals surface area contributed by atoms with Crippen LogP contribution in [0.1, 0.15) is 12.0 Å². The van der Waals surface area contributed by atoms with E-state index in [0.29, 0.717) is 13.2 Å². The topological polar surface area (TPSA) is 94.0 Å². The maximum atomic E-state index is 12.2. The van der Waals surface area contributed by atoms with E-state index < -0.39 is 0 Å². The fraction of sp³-hybridized carbons (Fsp3) is 0.467. The maximum absolute atomic E-state index is 12.2. The monoisotopic (exact) mass is 316 g/mol. The van der Waals surface area contributed by atoms with Gasteiger partial charge < -0.3 is 15.4 Å². The van der Waals surface area contributed by atoms with E-state index in [4.69, 9.17) is 4.74 Å². The molecule has 0 aliphatic carbocycles. The summed E-state index contributed by atoms with van der Waals surface area (Å²) in [7, 11) is 0. The molecule has 1 amide bonds. The third-order valence-corrected chi connectivity index (χ3v) is 3.69. The average Bonchev–Trinajstić information content (AvgIpc) is 2.95. The van der Waals surface area contributed by atoms with Gasteiger partial charge in [-0.15, -0.1) is 0 Å². The number of hydrogen-bond donors (Lipinski definition) is 2. The van der Waals surface area contributed by atoms with Gasteiger partial charge in [0.05, 0.1) is 24.9 Å². The van der Waals surface area contributed by atoms with Crippen molar-refractivity contribution in [3.05, 3.63) is 36.5 Å². The van der Waals surface area contributed by atoms with Crippen molar-refractivity contribution in [1.29, 1.82) is 0 Å². The molecule has 0 spiro atoms. The molecule has 3 rings (SSSR count). The molecule has 122 valence electrons. The van der Waals surface area contributed by atoms with E-state index >= 15 is 0 Å². The third kappa shape index (κ3) is 4.26. The molecule has 0 radical (unpaired) electrons. The lowest BCUT2D eigenvalue weighted by molar-refractivity contribution is -0.123. The lowest BCUT2D eigenvalue weighted by Crippen LogP contribution is -2.52. The summed E-state index contributed by atoms with van der Waals surface area (Å²) in [5.74, 6) is 0.659. The highest BCUT2D eigenvalue weighted by Gasteiger charge is 2.27. The van der Waals surface area contributed by atoms with E-state index in [0.717, 1.165) is 17.8 Å². The van der Waals surface area contributed by atoms with Gasteiger partial charge in [0, 0.05) is 19.0 Å². The Morgan fingerprint density at radius 3 is 3.13 bits per heavy atom. The number of amides is 1. The number of hydrogen-bond acceptors (Lipinski definition) is 6. The fourth-order valence-electron chi connectivity index (χ4n) is 2.57. The second kappa shape index (κ2) is 7.19. The Hall–Kier alpha value is -2.48. The average molecular weight is 316 g/mol.